The second-order valence-corrected chi connectivity index (χ2v) is 6.16. The Labute approximate surface area is 124 Å². The average Bonchev–Trinajstić information content (AvgIpc) is 2.46. The van der Waals surface area contributed by atoms with Crippen LogP contribution in [0.1, 0.15) is 59.1 Å². The van der Waals surface area contributed by atoms with E-state index in [0.717, 1.165) is 24.9 Å². The summed E-state index contributed by atoms with van der Waals surface area (Å²) >= 11 is 0. The molecule has 1 rings (SSSR count). The Morgan fingerprint density at radius 1 is 1.00 bits per heavy atom. The third kappa shape index (κ3) is 4.60. The van der Waals surface area contributed by atoms with E-state index in [0.29, 0.717) is 12.0 Å². The lowest BCUT2D eigenvalue weighted by atomic mass is 9.98. The van der Waals surface area contributed by atoms with Crippen molar-refractivity contribution in [1.82, 2.24) is 4.90 Å². The highest BCUT2D eigenvalue weighted by molar-refractivity contribution is 5.18. The van der Waals surface area contributed by atoms with Crippen LogP contribution in [0.3, 0.4) is 0 Å². The molecule has 2 heteroatoms. The molecule has 0 bridgehead atoms. The number of hydrogen-bond acceptors (Lipinski definition) is 2. The third-order valence-electron chi connectivity index (χ3n) is 4.11. The van der Waals surface area contributed by atoms with E-state index >= 15 is 0 Å². The summed E-state index contributed by atoms with van der Waals surface area (Å²) in [5.41, 5.74) is 1.01. The standard InChI is InChI=1S/C18H31NO/c1-6-17(7-2)19(13-14(3)4)15(5)18(20)16-11-9-8-10-12-16/h8-12,14-15,17-18,20H,6-7,13H2,1-5H3. The number of hydrogen-bond donors (Lipinski definition) is 1. The number of rotatable bonds is 8. The minimum atomic E-state index is -0.421. The van der Waals surface area contributed by atoms with E-state index < -0.39 is 6.10 Å². The molecule has 0 heterocycles. The Bertz CT molecular complexity index is 359. The molecule has 2 unspecified atom stereocenters. The minimum Gasteiger partial charge on any atom is -0.387 e. The number of benzene rings is 1. The molecule has 20 heavy (non-hydrogen) atoms. The van der Waals surface area contributed by atoms with Crippen LogP contribution in [0.2, 0.25) is 0 Å². The Balaban J connectivity index is 2.88. The van der Waals surface area contributed by atoms with Crippen molar-refractivity contribution in [2.24, 2.45) is 5.92 Å². The van der Waals surface area contributed by atoms with Crippen LogP contribution in [0.25, 0.3) is 0 Å². The van der Waals surface area contributed by atoms with Gasteiger partial charge in [-0.2, -0.15) is 0 Å². The minimum absolute atomic E-state index is 0.143. The molecule has 0 aliphatic heterocycles. The van der Waals surface area contributed by atoms with Crippen LogP contribution in [0.5, 0.6) is 0 Å². The molecule has 0 aliphatic carbocycles. The fourth-order valence-corrected chi connectivity index (χ4v) is 2.94. The molecule has 0 fully saturated rings. The Morgan fingerprint density at radius 3 is 2.00 bits per heavy atom. The van der Waals surface area contributed by atoms with Crippen molar-refractivity contribution >= 4 is 0 Å². The van der Waals surface area contributed by atoms with E-state index in [-0.39, 0.29) is 6.04 Å². The van der Waals surface area contributed by atoms with E-state index in [1.54, 1.807) is 0 Å². The van der Waals surface area contributed by atoms with E-state index in [2.05, 4.69) is 39.5 Å². The first-order valence-corrected chi connectivity index (χ1v) is 7.99. The first kappa shape index (κ1) is 17.2. The van der Waals surface area contributed by atoms with Crippen molar-refractivity contribution in [3.63, 3.8) is 0 Å². The summed E-state index contributed by atoms with van der Waals surface area (Å²) < 4.78 is 0. The predicted molar refractivity (Wildman–Crippen MR) is 86.8 cm³/mol. The maximum Gasteiger partial charge on any atom is 0.0942 e. The van der Waals surface area contributed by atoms with E-state index in [9.17, 15) is 5.11 Å². The van der Waals surface area contributed by atoms with Crippen molar-refractivity contribution in [2.75, 3.05) is 6.54 Å². The van der Waals surface area contributed by atoms with Crippen LogP contribution in [-0.4, -0.2) is 28.6 Å². The fourth-order valence-electron chi connectivity index (χ4n) is 2.94. The third-order valence-corrected chi connectivity index (χ3v) is 4.11. The monoisotopic (exact) mass is 277 g/mol. The highest BCUT2D eigenvalue weighted by Crippen LogP contribution is 2.25. The molecule has 2 atom stereocenters. The molecule has 114 valence electrons. The number of nitrogens with zero attached hydrogens (tertiary/aromatic N) is 1. The van der Waals surface area contributed by atoms with Gasteiger partial charge in [0.15, 0.2) is 0 Å². The molecule has 1 aromatic carbocycles. The van der Waals surface area contributed by atoms with Crippen molar-refractivity contribution in [1.29, 1.82) is 0 Å². The predicted octanol–water partition coefficient (Wildman–Crippen LogP) is 4.26. The van der Waals surface area contributed by atoms with Gasteiger partial charge in [-0.15, -0.1) is 0 Å². The van der Waals surface area contributed by atoms with E-state index in [1.165, 1.54) is 0 Å². The lowest BCUT2D eigenvalue weighted by Crippen LogP contribution is -2.46. The van der Waals surface area contributed by atoms with Crippen molar-refractivity contribution in [3.8, 4) is 0 Å². The van der Waals surface area contributed by atoms with Crippen molar-refractivity contribution < 1.29 is 5.11 Å². The summed E-state index contributed by atoms with van der Waals surface area (Å²) in [5, 5.41) is 10.7. The van der Waals surface area contributed by atoms with Crippen LogP contribution in [0, 0.1) is 5.92 Å². The number of aliphatic hydroxyl groups excluding tert-OH is 1. The van der Waals surface area contributed by atoms with Crippen LogP contribution in [0.15, 0.2) is 30.3 Å². The normalized spacial score (nSPS) is 15.1. The molecule has 0 aromatic heterocycles. The summed E-state index contributed by atoms with van der Waals surface area (Å²) in [6, 6.07) is 10.7. The molecule has 0 saturated heterocycles. The lowest BCUT2D eigenvalue weighted by molar-refractivity contribution is 0.0221. The Morgan fingerprint density at radius 2 is 1.55 bits per heavy atom. The molecule has 0 spiro atoms. The van der Waals surface area contributed by atoms with Gasteiger partial charge in [-0.1, -0.05) is 58.0 Å². The van der Waals surface area contributed by atoms with Gasteiger partial charge in [-0.05, 0) is 31.2 Å². The Kier molecular flexibility index (Phi) is 7.25. The second kappa shape index (κ2) is 8.43. The first-order chi connectivity index (χ1) is 9.51. The molecule has 0 saturated carbocycles. The molecule has 1 N–H and O–H groups in total. The molecular weight excluding hydrogens is 246 g/mol. The van der Waals surface area contributed by atoms with Gasteiger partial charge in [0, 0.05) is 18.6 Å². The van der Waals surface area contributed by atoms with E-state index in [1.807, 2.05) is 30.3 Å². The van der Waals surface area contributed by atoms with Gasteiger partial charge in [0.25, 0.3) is 0 Å². The molecular formula is C18H31NO. The topological polar surface area (TPSA) is 23.5 Å². The first-order valence-electron chi connectivity index (χ1n) is 7.99. The number of aliphatic hydroxyl groups is 1. The van der Waals surface area contributed by atoms with Gasteiger partial charge < -0.3 is 5.11 Å². The summed E-state index contributed by atoms with van der Waals surface area (Å²) in [6.45, 7) is 12.2. The second-order valence-electron chi connectivity index (χ2n) is 6.16. The van der Waals surface area contributed by atoms with Crippen LogP contribution >= 0.6 is 0 Å². The highest BCUT2D eigenvalue weighted by Gasteiger charge is 2.27. The fraction of sp³-hybridized carbons (Fsp3) is 0.667. The van der Waals surface area contributed by atoms with Gasteiger partial charge in [-0.25, -0.2) is 0 Å². The average molecular weight is 277 g/mol. The van der Waals surface area contributed by atoms with Crippen LogP contribution in [0.4, 0.5) is 0 Å². The zero-order chi connectivity index (χ0) is 15.1. The lowest BCUT2D eigenvalue weighted by Gasteiger charge is -2.39. The smallest absolute Gasteiger partial charge is 0.0942 e. The van der Waals surface area contributed by atoms with Gasteiger partial charge in [-0.3, -0.25) is 4.90 Å². The van der Waals surface area contributed by atoms with Gasteiger partial charge in [0.2, 0.25) is 0 Å². The van der Waals surface area contributed by atoms with Crippen LogP contribution in [-0.2, 0) is 0 Å². The van der Waals surface area contributed by atoms with E-state index in [4.69, 9.17) is 0 Å². The summed E-state index contributed by atoms with van der Waals surface area (Å²) in [5.74, 6) is 0.612. The Hall–Kier alpha value is -0.860. The maximum atomic E-state index is 10.7. The molecule has 0 aliphatic rings. The molecule has 2 nitrogen and oxygen atoms in total. The van der Waals surface area contributed by atoms with Gasteiger partial charge in [0.05, 0.1) is 6.10 Å². The molecule has 0 amide bonds. The molecule has 1 aromatic rings. The van der Waals surface area contributed by atoms with Crippen LogP contribution < -0.4 is 0 Å². The zero-order valence-corrected chi connectivity index (χ0v) is 13.7. The zero-order valence-electron chi connectivity index (χ0n) is 13.7. The quantitative estimate of drug-likeness (QED) is 0.767. The molecule has 0 radical (unpaired) electrons. The summed E-state index contributed by atoms with van der Waals surface area (Å²) in [4.78, 5) is 2.49. The SMILES string of the molecule is CCC(CC)N(CC(C)C)C(C)C(O)c1ccccc1. The summed E-state index contributed by atoms with van der Waals surface area (Å²) in [6.07, 6.45) is 1.85. The van der Waals surface area contributed by atoms with Gasteiger partial charge >= 0.3 is 0 Å². The van der Waals surface area contributed by atoms with Crippen molar-refractivity contribution in [3.05, 3.63) is 35.9 Å². The highest BCUT2D eigenvalue weighted by atomic mass is 16.3. The maximum absolute atomic E-state index is 10.7. The summed E-state index contributed by atoms with van der Waals surface area (Å²) in [7, 11) is 0. The largest absolute Gasteiger partial charge is 0.387 e. The van der Waals surface area contributed by atoms with Crippen molar-refractivity contribution in [2.45, 2.75) is 65.6 Å². The van der Waals surface area contributed by atoms with Gasteiger partial charge in [0.1, 0.15) is 0 Å².